The van der Waals surface area contributed by atoms with Gasteiger partial charge >= 0.3 is 0 Å². The van der Waals surface area contributed by atoms with Crippen LogP contribution in [0.5, 0.6) is 11.5 Å². The number of hydrogen-bond acceptors (Lipinski definition) is 9. The summed E-state index contributed by atoms with van der Waals surface area (Å²) in [7, 11) is 1.57. The van der Waals surface area contributed by atoms with Gasteiger partial charge < -0.3 is 29.1 Å². The number of fused-ring (bicyclic) bond motifs is 4. The van der Waals surface area contributed by atoms with Crippen molar-refractivity contribution in [2.75, 3.05) is 46.4 Å². The van der Waals surface area contributed by atoms with Crippen molar-refractivity contribution in [1.29, 1.82) is 0 Å². The van der Waals surface area contributed by atoms with Gasteiger partial charge in [-0.1, -0.05) is 11.2 Å². The second kappa shape index (κ2) is 13.5. The molecule has 4 heterocycles. The molecule has 0 spiro atoms. The molecule has 1 fully saturated rings. The minimum absolute atomic E-state index is 0.00872. The van der Waals surface area contributed by atoms with Gasteiger partial charge in [0.25, 0.3) is 0 Å². The van der Waals surface area contributed by atoms with Crippen molar-refractivity contribution in [2.45, 2.75) is 45.1 Å². The van der Waals surface area contributed by atoms with Gasteiger partial charge in [-0.3, -0.25) is 19.1 Å². The third-order valence-electron chi connectivity index (χ3n) is 7.75. The molecule has 2 aliphatic rings. The minimum atomic E-state index is -0.416. The zero-order chi connectivity index (χ0) is 29.5. The number of carbonyl (C=O) groups is 3. The first-order valence-electron chi connectivity index (χ1n) is 14.3. The van der Waals surface area contributed by atoms with Crippen molar-refractivity contribution in [3.05, 3.63) is 53.9 Å². The van der Waals surface area contributed by atoms with E-state index in [1.807, 2.05) is 25.1 Å². The summed E-state index contributed by atoms with van der Waals surface area (Å²) in [6.07, 6.45) is 4.76. The van der Waals surface area contributed by atoms with Crippen LogP contribution in [0.15, 0.2) is 41.4 Å². The minimum Gasteiger partial charge on any atom is -0.493 e. The van der Waals surface area contributed by atoms with Gasteiger partial charge in [0, 0.05) is 51.1 Å². The van der Waals surface area contributed by atoms with Crippen LogP contribution in [0.3, 0.4) is 0 Å². The maximum Gasteiger partial charge on any atom is 0.230 e. The lowest BCUT2D eigenvalue weighted by Gasteiger charge is -2.25. The molecule has 0 aliphatic carbocycles. The molecule has 224 valence electrons. The van der Waals surface area contributed by atoms with Crippen LogP contribution in [-0.4, -0.2) is 93.9 Å². The van der Waals surface area contributed by atoms with Crippen molar-refractivity contribution in [1.82, 2.24) is 35.0 Å². The van der Waals surface area contributed by atoms with E-state index in [4.69, 9.17) is 14.0 Å². The highest BCUT2D eigenvalue weighted by molar-refractivity contribution is 5.83. The molecule has 5 rings (SSSR count). The number of aromatic nitrogens is 4. The molecule has 1 N–H and O–H groups in total. The van der Waals surface area contributed by atoms with Crippen LogP contribution in [0.1, 0.15) is 42.2 Å². The summed E-state index contributed by atoms with van der Waals surface area (Å²) in [6, 6.07) is 7.38. The lowest BCUT2D eigenvalue weighted by Crippen LogP contribution is -2.40. The number of likely N-dealkylation sites (tertiary alicyclic amines) is 1. The molecule has 2 atom stereocenters. The second-order valence-electron chi connectivity index (χ2n) is 10.7. The third-order valence-corrected chi connectivity index (χ3v) is 7.75. The Kier molecular flexibility index (Phi) is 9.35. The molecule has 42 heavy (non-hydrogen) atoms. The molecule has 3 amide bonds. The summed E-state index contributed by atoms with van der Waals surface area (Å²) < 4.78 is 18.6. The molecule has 1 aromatic carbocycles. The topological polar surface area (TPSA) is 145 Å². The first-order chi connectivity index (χ1) is 20.4. The van der Waals surface area contributed by atoms with E-state index in [0.29, 0.717) is 81.5 Å². The molecular formula is C29H37N7O6. The Labute approximate surface area is 244 Å². The van der Waals surface area contributed by atoms with Crippen molar-refractivity contribution >= 4 is 17.7 Å². The van der Waals surface area contributed by atoms with Gasteiger partial charge in [0.15, 0.2) is 11.5 Å². The first-order valence-corrected chi connectivity index (χ1v) is 14.3. The molecule has 13 heteroatoms. The Bertz CT molecular complexity index is 1370. The van der Waals surface area contributed by atoms with Crippen molar-refractivity contribution < 1.29 is 28.4 Å². The van der Waals surface area contributed by atoms with Crippen LogP contribution < -0.4 is 14.8 Å². The summed E-state index contributed by atoms with van der Waals surface area (Å²) in [5.74, 6) is 0.776. The Morgan fingerprint density at radius 3 is 2.74 bits per heavy atom. The lowest BCUT2D eigenvalue weighted by molar-refractivity contribution is -0.131. The SMILES string of the molecule is COc1ccc2cc1OCCN(C(=O)Cc1cc(C)no1)CCCNC(=O)[C@H]1CN(C(=O)CCCn3cncn3)C[C@H]21. The zero-order valence-electron chi connectivity index (χ0n) is 24.0. The summed E-state index contributed by atoms with van der Waals surface area (Å²) in [6.45, 7) is 4.66. The number of hydrogen-bond donors (Lipinski definition) is 1. The predicted octanol–water partition coefficient (Wildman–Crippen LogP) is 1.58. The Morgan fingerprint density at radius 1 is 1.12 bits per heavy atom. The molecule has 3 aromatic rings. The number of carbonyl (C=O) groups excluding carboxylic acids is 3. The number of rotatable bonds is 7. The van der Waals surface area contributed by atoms with Crippen LogP contribution in [-0.2, 0) is 27.3 Å². The molecular weight excluding hydrogens is 542 g/mol. The molecule has 13 nitrogen and oxygen atoms in total. The van der Waals surface area contributed by atoms with Crippen molar-refractivity contribution in [3.63, 3.8) is 0 Å². The van der Waals surface area contributed by atoms with Crippen LogP contribution >= 0.6 is 0 Å². The summed E-state index contributed by atoms with van der Waals surface area (Å²) in [5.41, 5.74) is 1.61. The van der Waals surface area contributed by atoms with E-state index < -0.39 is 5.92 Å². The van der Waals surface area contributed by atoms with Gasteiger partial charge in [-0.15, -0.1) is 0 Å². The monoisotopic (exact) mass is 579 g/mol. The largest absolute Gasteiger partial charge is 0.493 e. The molecule has 0 unspecified atom stereocenters. The molecule has 0 radical (unpaired) electrons. The fraction of sp³-hybridized carbons (Fsp3) is 0.517. The van der Waals surface area contributed by atoms with Crippen LogP contribution in [0.25, 0.3) is 0 Å². The Hall–Kier alpha value is -4.42. The average molecular weight is 580 g/mol. The zero-order valence-corrected chi connectivity index (χ0v) is 24.0. The summed E-state index contributed by atoms with van der Waals surface area (Å²) in [5, 5.41) is 11.0. The van der Waals surface area contributed by atoms with Crippen LogP contribution in [0.2, 0.25) is 0 Å². The fourth-order valence-electron chi connectivity index (χ4n) is 5.55. The van der Waals surface area contributed by atoms with E-state index in [1.165, 1.54) is 6.33 Å². The Balaban J connectivity index is 1.30. The number of ether oxygens (including phenoxy) is 2. The predicted molar refractivity (Wildman–Crippen MR) is 150 cm³/mol. The molecule has 0 saturated carbocycles. The second-order valence-corrected chi connectivity index (χ2v) is 10.7. The number of benzene rings is 1. The number of amides is 3. The van der Waals surface area contributed by atoms with E-state index >= 15 is 0 Å². The van der Waals surface area contributed by atoms with E-state index in [2.05, 4.69) is 20.6 Å². The smallest absolute Gasteiger partial charge is 0.230 e. The molecule has 2 aromatic heterocycles. The number of nitrogens with zero attached hydrogens (tertiary/aromatic N) is 6. The normalized spacial score (nSPS) is 19.4. The third kappa shape index (κ3) is 7.07. The van der Waals surface area contributed by atoms with Gasteiger partial charge in [0.05, 0.1) is 31.7 Å². The van der Waals surface area contributed by atoms with Crippen LogP contribution in [0.4, 0.5) is 0 Å². The highest BCUT2D eigenvalue weighted by Crippen LogP contribution is 2.38. The highest BCUT2D eigenvalue weighted by atomic mass is 16.5. The van der Waals surface area contributed by atoms with Gasteiger partial charge in [0.1, 0.15) is 25.0 Å². The van der Waals surface area contributed by atoms with E-state index in [1.54, 1.807) is 34.0 Å². The number of aryl methyl sites for hydroxylation is 2. The average Bonchev–Trinajstić information content (AvgIpc) is 3.75. The maximum absolute atomic E-state index is 13.5. The van der Waals surface area contributed by atoms with E-state index in [-0.39, 0.29) is 36.7 Å². The number of nitrogens with one attached hydrogen (secondary N) is 1. The first kappa shape index (κ1) is 29.1. The summed E-state index contributed by atoms with van der Waals surface area (Å²) in [4.78, 5) is 47.1. The lowest BCUT2D eigenvalue weighted by atomic mass is 9.88. The molecule has 2 bridgehead atoms. The molecule has 1 saturated heterocycles. The summed E-state index contributed by atoms with van der Waals surface area (Å²) >= 11 is 0. The maximum atomic E-state index is 13.5. The van der Waals surface area contributed by atoms with E-state index in [0.717, 1.165) is 5.56 Å². The highest BCUT2D eigenvalue weighted by Gasteiger charge is 2.40. The quantitative estimate of drug-likeness (QED) is 0.441. The van der Waals surface area contributed by atoms with Crippen LogP contribution in [0, 0.1) is 12.8 Å². The Morgan fingerprint density at radius 2 is 1.98 bits per heavy atom. The number of methoxy groups -OCH3 is 1. The fourth-order valence-corrected chi connectivity index (χ4v) is 5.55. The van der Waals surface area contributed by atoms with Crippen molar-refractivity contribution in [3.8, 4) is 11.5 Å². The van der Waals surface area contributed by atoms with Crippen molar-refractivity contribution in [2.24, 2.45) is 5.92 Å². The van der Waals surface area contributed by atoms with Gasteiger partial charge in [-0.25, -0.2) is 4.98 Å². The van der Waals surface area contributed by atoms with Gasteiger partial charge in [0.2, 0.25) is 17.7 Å². The van der Waals surface area contributed by atoms with Gasteiger partial charge in [-0.2, -0.15) is 5.10 Å². The molecule has 2 aliphatic heterocycles. The standard InChI is InChI=1S/C29H37N7O6/c1-20-13-22(42-33-20)15-28(38)34-9-4-8-31-29(39)24-17-35(27(37)5-3-10-36-19-30-18-32-36)16-23(24)21-6-7-25(40-2)26(14-21)41-12-11-34/h6-7,13-14,18-19,23-24H,3-5,8-12,15-17H2,1-2H3,(H,31,39)/t23-,24+/m1/s1. The van der Waals surface area contributed by atoms with E-state index in [9.17, 15) is 14.4 Å². The van der Waals surface area contributed by atoms with Gasteiger partial charge in [-0.05, 0) is 37.5 Å².